The fourth-order valence-electron chi connectivity index (χ4n) is 5.82. The lowest BCUT2D eigenvalue weighted by Gasteiger charge is -2.42. The molecule has 240 valence electrons. The number of ether oxygens (including phenoxy) is 2. The molecule has 0 bridgehead atoms. The lowest BCUT2D eigenvalue weighted by atomic mass is 9.85. The average Bonchev–Trinajstić information content (AvgIpc) is 3.44. The van der Waals surface area contributed by atoms with E-state index in [0.29, 0.717) is 55.3 Å². The predicted molar refractivity (Wildman–Crippen MR) is 159 cm³/mol. The van der Waals surface area contributed by atoms with Crippen molar-refractivity contribution in [3.8, 4) is 11.3 Å². The van der Waals surface area contributed by atoms with E-state index >= 15 is 0 Å². The van der Waals surface area contributed by atoms with Gasteiger partial charge in [0.05, 0.1) is 37.5 Å². The number of carbonyl (C=O) groups is 3. The van der Waals surface area contributed by atoms with Gasteiger partial charge in [-0.05, 0) is 44.0 Å². The van der Waals surface area contributed by atoms with Crippen LogP contribution in [0.1, 0.15) is 57.9 Å². The first-order valence-electron chi connectivity index (χ1n) is 14.5. The third kappa shape index (κ3) is 5.62. The van der Waals surface area contributed by atoms with Crippen molar-refractivity contribution in [3.63, 3.8) is 0 Å². The minimum absolute atomic E-state index is 0.00750. The molecule has 2 aliphatic rings. The fourth-order valence-corrected chi connectivity index (χ4v) is 5.82. The number of hydrogen-bond donors (Lipinski definition) is 2. The Morgan fingerprint density at radius 3 is 2.52 bits per heavy atom. The molecule has 0 radical (unpaired) electrons. The fraction of sp³-hybridized carbons (Fsp3) is 0.355. The molecular weight excluding hydrogens is 607 g/mol. The first kappa shape index (κ1) is 31.0. The van der Waals surface area contributed by atoms with Gasteiger partial charge in [0.1, 0.15) is 28.7 Å². The molecule has 2 saturated heterocycles. The smallest absolute Gasteiger partial charge is 0.416 e. The Kier molecular flexibility index (Phi) is 7.88. The van der Waals surface area contributed by atoms with E-state index in [2.05, 4.69) is 15.3 Å². The lowest BCUT2D eigenvalue weighted by molar-refractivity contribution is -0.170. The van der Waals surface area contributed by atoms with Gasteiger partial charge in [0.15, 0.2) is 5.69 Å². The summed E-state index contributed by atoms with van der Waals surface area (Å²) in [5, 5.41) is 2.38. The molecule has 0 spiro atoms. The first-order chi connectivity index (χ1) is 21.9. The summed E-state index contributed by atoms with van der Waals surface area (Å²) < 4.78 is 51.2. The number of anilines is 2. The summed E-state index contributed by atoms with van der Waals surface area (Å²) in [5.74, 6) is -1.21. The monoisotopic (exact) mass is 637 g/mol. The number of likely N-dealkylation sites (tertiary alicyclic amines) is 1. The molecule has 2 aliphatic heterocycles. The van der Waals surface area contributed by atoms with E-state index in [4.69, 9.17) is 20.2 Å². The van der Waals surface area contributed by atoms with Gasteiger partial charge in [-0.15, -0.1) is 0 Å². The number of imidazole rings is 1. The third-order valence-corrected chi connectivity index (χ3v) is 8.29. The van der Waals surface area contributed by atoms with Crippen molar-refractivity contribution >= 4 is 34.9 Å². The third-order valence-electron chi connectivity index (χ3n) is 8.29. The molecule has 3 aromatic heterocycles. The summed E-state index contributed by atoms with van der Waals surface area (Å²) in [6.45, 7) is 3.57. The quantitative estimate of drug-likeness (QED) is 0.297. The van der Waals surface area contributed by atoms with E-state index in [1.807, 2.05) is 11.8 Å². The van der Waals surface area contributed by atoms with E-state index in [0.717, 1.165) is 24.8 Å². The molecule has 2 amide bonds. The Morgan fingerprint density at radius 1 is 1.13 bits per heavy atom. The molecular formula is C31H30F3N7O5. The summed E-state index contributed by atoms with van der Waals surface area (Å²) in [5.41, 5.74) is 6.39. The zero-order valence-corrected chi connectivity index (χ0v) is 24.9. The number of nitrogen functional groups attached to an aromatic ring is 1. The van der Waals surface area contributed by atoms with Crippen LogP contribution in [0.25, 0.3) is 16.8 Å². The number of halogens is 3. The van der Waals surface area contributed by atoms with Gasteiger partial charge in [-0.25, -0.2) is 19.7 Å². The number of alkyl halides is 3. The highest BCUT2D eigenvalue weighted by Crippen LogP contribution is 2.37. The normalized spacial score (nSPS) is 17.8. The summed E-state index contributed by atoms with van der Waals surface area (Å²) in [4.78, 5) is 53.9. The van der Waals surface area contributed by atoms with Crippen molar-refractivity contribution in [1.82, 2.24) is 24.3 Å². The van der Waals surface area contributed by atoms with Gasteiger partial charge in [-0.3, -0.25) is 14.0 Å². The van der Waals surface area contributed by atoms with Crippen molar-refractivity contribution < 1.29 is 37.0 Å². The molecule has 12 nitrogen and oxygen atoms in total. The van der Waals surface area contributed by atoms with Crippen LogP contribution >= 0.6 is 0 Å². The number of carbonyl (C=O) groups excluding carboxylic acids is 3. The summed E-state index contributed by atoms with van der Waals surface area (Å²) >= 11 is 0. The van der Waals surface area contributed by atoms with Crippen LogP contribution in [0.4, 0.5) is 24.8 Å². The molecule has 2 fully saturated rings. The second-order valence-corrected chi connectivity index (χ2v) is 11.6. The zero-order valence-electron chi connectivity index (χ0n) is 24.9. The van der Waals surface area contributed by atoms with Gasteiger partial charge in [0.25, 0.3) is 5.91 Å². The van der Waals surface area contributed by atoms with E-state index in [1.54, 1.807) is 16.5 Å². The van der Waals surface area contributed by atoms with E-state index < -0.39 is 29.0 Å². The van der Waals surface area contributed by atoms with Gasteiger partial charge >= 0.3 is 12.1 Å². The number of esters is 1. The van der Waals surface area contributed by atoms with Gasteiger partial charge < -0.3 is 25.4 Å². The van der Waals surface area contributed by atoms with Crippen LogP contribution < -0.4 is 11.1 Å². The number of methoxy groups -OCH3 is 1. The lowest BCUT2D eigenvalue weighted by Crippen LogP contribution is -2.55. The van der Waals surface area contributed by atoms with Crippen LogP contribution in [0.2, 0.25) is 0 Å². The minimum Gasteiger partial charge on any atom is -0.464 e. The van der Waals surface area contributed by atoms with Gasteiger partial charge in [0, 0.05) is 36.3 Å². The van der Waals surface area contributed by atoms with Crippen molar-refractivity contribution in [2.24, 2.45) is 5.41 Å². The summed E-state index contributed by atoms with van der Waals surface area (Å²) in [6, 6.07) is 7.75. The van der Waals surface area contributed by atoms with Crippen molar-refractivity contribution in [3.05, 3.63) is 71.4 Å². The Balaban J connectivity index is 1.35. The molecule has 15 heteroatoms. The number of pyridine rings is 1. The molecule has 4 aromatic rings. The SMILES string of the molecule is COC(=O)c1cnc(N)c2c(-c3ccc(C(=O)Nc4cc(C(F)(F)F)ccn4)cc3)nc([C@@H]3CCCN(C(=O)C4(C)COC4)C3)n12. The highest BCUT2D eigenvalue weighted by atomic mass is 19.4. The van der Waals surface area contributed by atoms with Crippen LogP contribution in [-0.2, 0) is 20.4 Å². The Morgan fingerprint density at radius 2 is 1.87 bits per heavy atom. The largest absolute Gasteiger partial charge is 0.464 e. The number of nitrogens with zero attached hydrogens (tertiary/aromatic N) is 5. The highest BCUT2D eigenvalue weighted by Gasteiger charge is 2.45. The Bertz CT molecular complexity index is 1840. The molecule has 6 rings (SSSR count). The van der Waals surface area contributed by atoms with Crippen LogP contribution in [0.15, 0.2) is 48.8 Å². The van der Waals surface area contributed by atoms with E-state index in [9.17, 15) is 27.6 Å². The molecule has 46 heavy (non-hydrogen) atoms. The van der Waals surface area contributed by atoms with Crippen LogP contribution in [0.5, 0.6) is 0 Å². The van der Waals surface area contributed by atoms with E-state index in [-0.39, 0.29) is 34.7 Å². The van der Waals surface area contributed by atoms with Gasteiger partial charge in [-0.1, -0.05) is 12.1 Å². The number of nitrogens with two attached hydrogens (primary N) is 1. The first-order valence-corrected chi connectivity index (χ1v) is 14.5. The number of hydrogen-bond acceptors (Lipinski definition) is 9. The maximum atomic E-state index is 13.3. The second-order valence-electron chi connectivity index (χ2n) is 11.6. The molecule has 0 unspecified atom stereocenters. The minimum atomic E-state index is -4.59. The van der Waals surface area contributed by atoms with Gasteiger partial charge in [-0.2, -0.15) is 13.2 Å². The average molecular weight is 638 g/mol. The number of nitrogens with one attached hydrogen (secondary N) is 1. The zero-order chi connectivity index (χ0) is 32.8. The number of benzene rings is 1. The van der Waals surface area contributed by atoms with Crippen LogP contribution in [0.3, 0.4) is 0 Å². The van der Waals surface area contributed by atoms with Crippen molar-refractivity contribution in [2.45, 2.75) is 31.9 Å². The highest BCUT2D eigenvalue weighted by molar-refractivity contribution is 6.04. The Labute approximate surface area is 260 Å². The van der Waals surface area contributed by atoms with Crippen LogP contribution in [-0.4, -0.2) is 75.4 Å². The molecule has 0 saturated carbocycles. The predicted octanol–water partition coefficient (Wildman–Crippen LogP) is 4.17. The summed E-state index contributed by atoms with van der Waals surface area (Å²) in [6.07, 6.45) is -0.891. The maximum absolute atomic E-state index is 13.3. The molecule has 0 aliphatic carbocycles. The topological polar surface area (TPSA) is 154 Å². The molecule has 3 N–H and O–H groups in total. The van der Waals surface area contributed by atoms with E-state index in [1.165, 1.54) is 25.4 Å². The summed E-state index contributed by atoms with van der Waals surface area (Å²) in [7, 11) is 1.25. The van der Waals surface area contributed by atoms with Crippen molar-refractivity contribution in [2.75, 3.05) is 44.5 Å². The number of fused-ring (bicyclic) bond motifs is 1. The second kappa shape index (κ2) is 11.7. The molecule has 5 heterocycles. The standard InChI is InChI=1S/C31H30F3N7O5/c1-30(15-46-16-30)29(44)40-11-3-4-19(14-40)26-39-23(24-25(35)37-13-21(41(24)26)28(43)45-2)17-5-7-18(8-6-17)27(42)38-22-12-20(9-10-36-22)31(32,33)34/h5-10,12-13,19H,3-4,11,14-16H2,1-2H3,(H2,35,37)(H,36,38,42)/t19-/m1/s1. The maximum Gasteiger partial charge on any atom is 0.416 e. The molecule has 1 atom stereocenters. The number of amides is 2. The number of rotatable bonds is 6. The number of piperidine rings is 1. The molecule has 1 aromatic carbocycles. The Hall–Kier alpha value is -5.05. The van der Waals surface area contributed by atoms with Crippen LogP contribution in [0, 0.1) is 5.41 Å². The number of aromatic nitrogens is 4. The van der Waals surface area contributed by atoms with Gasteiger partial charge in [0.2, 0.25) is 5.91 Å². The van der Waals surface area contributed by atoms with Crippen molar-refractivity contribution in [1.29, 1.82) is 0 Å².